The summed E-state index contributed by atoms with van der Waals surface area (Å²) in [4.78, 5) is 18.8. The summed E-state index contributed by atoms with van der Waals surface area (Å²) in [5.74, 6) is 2.46. The number of ether oxygens (including phenoxy) is 2. The molecule has 1 fully saturated rings. The Hall–Kier alpha value is -2.56. The molecule has 1 aromatic heterocycles. The zero-order valence-electron chi connectivity index (χ0n) is 14.4. The number of methoxy groups -OCH3 is 2. The molecule has 24 heavy (non-hydrogen) atoms. The highest BCUT2D eigenvalue weighted by Crippen LogP contribution is 2.52. The van der Waals surface area contributed by atoms with Gasteiger partial charge < -0.3 is 9.47 Å². The van der Waals surface area contributed by atoms with Gasteiger partial charge in [-0.15, -0.1) is 0 Å². The summed E-state index contributed by atoms with van der Waals surface area (Å²) in [7, 11) is 5.06. The van der Waals surface area contributed by atoms with E-state index in [0.717, 1.165) is 29.2 Å². The van der Waals surface area contributed by atoms with E-state index >= 15 is 0 Å². The van der Waals surface area contributed by atoms with Crippen LogP contribution in [0, 0.1) is 12.8 Å². The SMILES string of the molecule is COc1ccc(OC)c([C@@H]2C[C@H]2C(=O)N(C)c2cccc(C)n2)c1. The fourth-order valence-corrected chi connectivity index (χ4v) is 3.02. The van der Waals surface area contributed by atoms with Crippen molar-refractivity contribution in [1.29, 1.82) is 0 Å². The van der Waals surface area contributed by atoms with Gasteiger partial charge in [0.05, 0.1) is 14.2 Å². The first-order valence-corrected chi connectivity index (χ1v) is 7.98. The van der Waals surface area contributed by atoms with E-state index in [0.29, 0.717) is 5.82 Å². The second-order valence-corrected chi connectivity index (χ2v) is 6.09. The molecular formula is C19H22N2O3. The van der Waals surface area contributed by atoms with Gasteiger partial charge >= 0.3 is 0 Å². The average Bonchev–Trinajstić information content (AvgIpc) is 3.40. The van der Waals surface area contributed by atoms with Crippen LogP contribution in [-0.4, -0.2) is 32.2 Å². The second-order valence-electron chi connectivity index (χ2n) is 6.09. The number of carbonyl (C=O) groups is 1. The molecule has 1 aromatic carbocycles. The Labute approximate surface area is 142 Å². The fraction of sp³-hybridized carbons (Fsp3) is 0.368. The summed E-state index contributed by atoms with van der Waals surface area (Å²) >= 11 is 0. The van der Waals surface area contributed by atoms with Gasteiger partial charge in [0, 0.05) is 30.1 Å². The van der Waals surface area contributed by atoms with Crippen molar-refractivity contribution in [3.63, 3.8) is 0 Å². The molecule has 0 saturated heterocycles. The number of carbonyl (C=O) groups excluding carboxylic acids is 1. The van der Waals surface area contributed by atoms with Gasteiger partial charge in [-0.05, 0) is 43.7 Å². The zero-order valence-corrected chi connectivity index (χ0v) is 14.4. The molecule has 0 aliphatic heterocycles. The smallest absolute Gasteiger partial charge is 0.231 e. The minimum absolute atomic E-state index is 0.0432. The summed E-state index contributed by atoms with van der Waals surface area (Å²) in [5.41, 5.74) is 1.93. The van der Waals surface area contributed by atoms with Gasteiger partial charge in [-0.2, -0.15) is 0 Å². The van der Waals surface area contributed by atoms with Crippen LogP contribution in [0.25, 0.3) is 0 Å². The van der Waals surface area contributed by atoms with Crippen molar-refractivity contribution in [1.82, 2.24) is 4.98 Å². The van der Waals surface area contributed by atoms with Crippen LogP contribution in [0.2, 0.25) is 0 Å². The van der Waals surface area contributed by atoms with Crippen LogP contribution in [0.15, 0.2) is 36.4 Å². The molecule has 2 aromatic rings. The minimum atomic E-state index is -0.0432. The molecule has 5 nitrogen and oxygen atoms in total. The predicted octanol–water partition coefficient (Wildman–Crippen LogP) is 3.17. The summed E-state index contributed by atoms with van der Waals surface area (Å²) < 4.78 is 10.7. The molecular weight excluding hydrogens is 304 g/mol. The molecule has 0 spiro atoms. The third-order valence-electron chi connectivity index (χ3n) is 4.49. The number of nitrogens with zero attached hydrogens (tertiary/aromatic N) is 2. The molecule has 126 valence electrons. The Bertz CT molecular complexity index is 760. The van der Waals surface area contributed by atoms with E-state index in [1.807, 2.05) is 43.3 Å². The third kappa shape index (κ3) is 3.07. The average molecular weight is 326 g/mol. The maximum absolute atomic E-state index is 12.8. The molecule has 1 heterocycles. The van der Waals surface area contributed by atoms with Crippen molar-refractivity contribution in [2.75, 3.05) is 26.2 Å². The maximum atomic E-state index is 12.8. The number of anilines is 1. The van der Waals surface area contributed by atoms with Gasteiger partial charge in [-0.1, -0.05) is 6.07 Å². The Morgan fingerprint density at radius 3 is 2.67 bits per heavy atom. The van der Waals surface area contributed by atoms with Crippen LogP contribution >= 0.6 is 0 Å². The molecule has 0 unspecified atom stereocenters. The lowest BCUT2D eigenvalue weighted by Gasteiger charge is -2.17. The highest BCUT2D eigenvalue weighted by molar-refractivity contribution is 5.96. The molecule has 0 bridgehead atoms. The van der Waals surface area contributed by atoms with Gasteiger partial charge in [0.25, 0.3) is 0 Å². The fourth-order valence-electron chi connectivity index (χ4n) is 3.02. The number of benzene rings is 1. The third-order valence-corrected chi connectivity index (χ3v) is 4.49. The lowest BCUT2D eigenvalue weighted by Crippen LogP contribution is -2.29. The molecule has 5 heteroatoms. The molecule has 1 amide bonds. The zero-order chi connectivity index (χ0) is 17.3. The van der Waals surface area contributed by atoms with Crippen molar-refractivity contribution in [3.05, 3.63) is 47.7 Å². The van der Waals surface area contributed by atoms with E-state index in [4.69, 9.17) is 9.47 Å². The molecule has 2 atom stereocenters. The van der Waals surface area contributed by atoms with E-state index in [1.54, 1.807) is 26.2 Å². The van der Waals surface area contributed by atoms with Gasteiger partial charge in [-0.3, -0.25) is 9.69 Å². The van der Waals surface area contributed by atoms with E-state index in [1.165, 1.54) is 0 Å². The Morgan fingerprint density at radius 1 is 1.21 bits per heavy atom. The van der Waals surface area contributed by atoms with Gasteiger partial charge in [-0.25, -0.2) is 4.98 Å². The van der Waals surface area contributed by atoms with Gasteiger partial charge in [0.15, 0.2) is 0 Å². The standard InChI is InChI=1S/C19H22N2O3/c1-12-6-5-7-18(20-12)21(2)19(22)16-11-14(16)15-10-13(23-3)8-9-17(15)24-4/h5-10,14,16H,11H2,1-4H3/t14-,16+/m0/s1. The predicted molar refractivity (Wildman–Crippen MR) is 92.8 cm³/mol. The van der Waals surface area contributed by atoms with Crippen LogP contribution in [-0.2, 0) is 4.79 Å². The van der Waals surface area contributed by atoms with E-state index in [-0.39, 0.29) is 17.7 Å². The number of pyridine rings is 1. The van der Waals surface area contributed by atoms with Crippen molar-refractivity contribution in [2.45, 2.75) is 19.3 Å². The first-order valence-electron chi connectivity index (χ1n) is 7.98. The summed E-state index contributed by atoms with van der Waals surface area (Å²) in [6, 6.07) is 11.4. The highest BCUT2D eigenvalue weighted by atomic mass is 16.5. The molecule has 1 saturated carbocycles. The molecule has 0 N–H and O–H groups in total. The highest BCUT2D eigenvalue weighted by Gasteiger charge is 2.47. The largest absolute Gasteiger partial charge is 0.497 e. The quantitative estimate of drug-likeness (QED) is 0.847. The van der Waals surface area contributed by atoms with E-state index in [2.05, 4.69) is 4.98 Å². The summed E-state index contributed by atoms with van der Waals surface area (Å²) in [5, 5.41) is 0. The van der Waals surface area contributed by atoms with Crippen LogP contribution in [0.1, 0.15) is 23.6 Å². The first-order chi connectivity index (χ1) is 11.5. The lowest BCUT2D eigenvalue weighted by atomic mass is 10.1. The van der Waals surface area contributed by atoms with Crippen molar-refractivity contribution in [3.8, 4) is 11.5 Å². The second kappa shape index (κ2) is 6.51. The monoisotopic (exact) mass is 326 g/mol. The minimum Gasteiger partial charge on any atom is -0.497 e. The normalized spacial score (nSPS) is 18.8. The molecule has 3 rings (SSSR count). The van der Waals surface area contributed by atoms with E-state index in [9.17, 15) is 4.79 Å². The number of aryl methyl sites for hydroxylation is 1. The number of rotatable bonds is 5. The lowest BCUT2D eigenvalue weighted by molar-refractivity contribution is -0.119. The Morgan fingerprint density at radius 2 is 2.00 bits per heavy atom. The number of hydrogen-bond donors (Lipinski definition) is 0. The number of hydrogen-bond acceptors (Lipinski definition) is 4. The van der Waals surface area contributed by atoms with Gasteiger partial charge in [0.2, 0.25) is 5.91 Å². The first kappa shape index (κ1) is 16.3. The topological polar surface area (TPSA) is 51.7 Å². The summed E-state index contributed by atoms with van der Waals surface area (Å²) in [6.45, 7) is 1.92. The van der Waals surface area contributed by atoms with Crippen molar-refractivity contribution < 1.29 is 14.3 Å². The number of aromatic nitrogens is 1. The maximum Gasteiger partial charge on any atom is 0.231 e. The Kier molecular flexibility index (Phi) is 4.42. The van der Waals surface area contributed by atoms with E-state index < -0.39 is 0 Å². The van der Waals surface area contributed by atoms with Crippen molar-refractivity contribution >= 4 is 11.7 Å². The Balaban J connectivity index is 1.78. The number of amides is 1. The van der Waals surface area contributed by atoms with Gasteiger partial charge in [0.1, 0.15) is 17.3 Å². The molecule has 1 aliphatic carbocycles. The molecule has 1 aliphatic rings. The van der Waals surface area contributed by atoms with Crippen LogP contribution in [0.5, 0.6) is 11.5 Å². The van der Waals surface area contributed by atoms with Crippen molar-refractivity contribution in [2.24, 2.45) is 5.92 Å². The van der Waals surface area contributed by atoms with Crippen LogP contribution in [0.4, 0.5) is 5.82 Å². The summed E-state index contributed by atoms with van der Waals surface area (Å²) in [6.07, 6.45) is 0.818. The van der Waals surface area contributed by atoms with Crippen LogP contribution < -0.4 is 14.4 Å². The molecule has 0 radical (unpaired) electrons. The van der Waals surface area contributed by atoms with Crippen LogP contribution in [0.3, 0.4) is 0 Å².